The molecule has 1 N–H and O–H groups in total. The Morgan fingerprint density at radius 2 is 1.83 bits per heavy atom. The van der Waals surface area contributed by atoms with Gasteiger partial charge in [0.05, 0.1) is 10.9 Å². The van der Waals surface area contributed by atoms with Crippen molar-refractivity contribution >= 4 is 22.8 Å². The first kappa shape index (κ1) is 19.4. The third-order valence-corrected chi connectivity index (χ3v) is 5.30. The Kier molecular flexibility index (Phi) is 5.25. The first-order chi connectivity index (χ1) is 13.9. The molecule has 0 bridgehead atoms. The second-order valence-electron chi connectivity index (χ2n) is 7.42. The molecular weight excluding hydrogens is 379 g/mol. The molecule has 0 amide bonds. The highest BCUT2D eigenvalue weighted by molar-refractivity contribution is 5.87. The van der Waals surface area contributed by atoms with Gasteiger partial charge in [0.25, 0.3) is 0 Å². The molecule has 0 atom stereocenters. The minimum absolute atomic E-state index is 0.00711. The van der Waals surface area contributed by atoms with E-state index in [4.69, 9.17) is 0 Å². The smallest absolute Gasteiger partial charge is 0.365 e. The van der Waals surface area contributed by atoms with Gasteiger partial charge in [0, 0.05) is 25.8 Å². The molecule has 0 unspecified atom stereocenters. The SMILES string of the molecule is CC1CCN(c2nc(NCc3ccccc3C(F)(F)F)c3cccnc3n2)CC1. The van der Waals surface area contributed by atoms with E-state index in [1.54, 1.807) is 18.3 Å². The van der Waals surface area contributed by atoms with Crippen LogP contribution in [0.2, 0.25) is 0 Å². The van der Waals surface area contributed by atoms with Crippen molar-refractivity contribution in [1.82, 2.24) is 15.0 Å². The van der Waals surface area contributed by atoms with E-state index in [0.717, 1.165) is 32.0 Å². The van der Waals surface area contributed by atoms with Gasteiger partial charge >= 0.3 is 6.18 Å². The average Bonchev–Trinajstić information content (AvgIpc) is 2.72. The molecule has 1 fully saturated rings. The van der Waals surface area contributed by atoms with Crippen LogP contribution in [0.3, 0.4) is 0 Å². The maximum Gasteiger partial charge on any atom is 0.416 e. The van der Waals surface area contributed by atoms with Crippen molar-refractivity contribution in [2.45, 2.75) is 32.5 Å². The van der Waals surface area contributed by atoms with Crippen molar-refractivity contribution in [3.8, 4) is 0 Å². The van der Waals surface area contributed by atoms with Gasteiger partial charge in [-0.05, 0) is 42.5 Å². The number of benzene rings is 1. The third-order valence-electron chi connectivity index (χ3n) is 5.30. The number of hydrogen-bond acceptors (Lipinski definition) is 5. The van der Waals surface area contributed by atoms with E-state index in [0.29, 0.717) is 28.7 Å². The Hall–Kier alpha value is -2.90. The summed E-state index contributed by atoms with van der Waals surface area (Å²) in [6.07, 6.45) is -0.625. The van der Waals surface area contributed by atoms with E-state index < -0.39 is 11.7 Å². The minimum Gasteiger partial charge on any atom is -0.365 e. The lowest BCUT2D eigenvalue weighted by Gasteiger charge is -2.30. The van der Waals surface area contributed by atoms with Crippen molar-refractivity contribution in [2.75, 3.05) is 23.3 Å². The largest absolute Gasteiger partial charge is 0.416 e. The van der Waals surface area contributed by atoms with Crippen LogP contribution >= 0.6 is 0 Å². The zero-order chi connectivity index (χ0) is 20.4. The van der Waals surface area contributed by atoms with Crippen LogP contribution < -0.4 is 10.2 Å². The maximum absolute atomic E-state index is 13.3. The second-order valence-corrected chi connectivity index (χ2v) is 7.42. The van der Waals surface area contributed by atoms with Gasteiger partial charge in [-0.1, -0.05) is 25.1 Å². The van der Waals surface area contributed by atoms with Crippen molar-refractivity contribution in [2.24, 2.45) is 5.92 Å². The lowest BCUT2D eigenvalue weighted by atomic mass is 10.00. The molecule has 1 saturated heterocycles. The number of pyridine rings is 1. The first-order valence-electron chi connectivity index (χ1n) is 9.68. The Balaban J connectivity index is 1.65. The van der Waals surface area contributed by atoms with Gasteiger partial charge in [0.15, 0.2) is 5.65 Å². The van der Waals surface area contributed by atoms with Crippen LogP contribution in [0, 0.1) is 5.92 Å². The molecule has 4 rings (SSSR count). The fraction of sp³-hybridized carbons (Fsp3) is 0.381. The molecule has 2 aromatic heterocycles. The van der Waals surface area contributed by atoms with Crippen LogP contribution in [-0.4, -0.2) is 28.0 Å². The Bertz CT molecular complexity index is 997. The van der Waals surface area contributed by atoms with E-state index in [1.165, 1.54) is 12.1 Å². The van der Waals surface area contributed by atoms with Gasteiger partial charge in [-0.3, -0.25) is 0 Å². The zero-order valence-corrected chi connectivity index (χ0v) is 16.1. The molecule has 8 heteroatoms. The summed E-state index contributed by atoms with van der Waals surface area (Å²) in [5.74, 6) is 1.73. The van der Waals surface area contributed by atoms with Gasteiger partial charge in [-0.25, -0.2) is 4.98 Å². The molecule has 1 aromatic carbocycles. The summed E-state index contributed by atoms with van der Waals surface area (Å²) < 4.78 is 39.9. The molecule has 0 aliphatic carbocycles. The van der Waals surface area contributed by atoms with Crippen LogP contribution in [0.5, 0.6) is 0 Å². The van der Waals surface area contributed by atoms with Gasteiger partial charge in [-0.15, -0.1) is 0 Å². The van der Waals surface area contributed by atoms with E-state index >= 15 is 0 Å². The monoisotopic (exact) mass is 401 g/mol. The normalized spacial score (nSPS) is 15.7. The maximum atomic E-state index is 13.3. The number of halogens is 3. The van der Waals surface area contributed by atoms with E-state index in [-0.39, 0.29) is 12.1 Å². The first-order valence-corrected chi connectivity index (χ1v) is 9.68. The van der Waals surface area contributed by atoms with Crippen LogP contribution in [0.4, 0.5) is 24.9 Å². The minimum atomic E-state index is -4.40. The molecular formula is C21H22F3N5. The van der Waals surface area contributed by atoms with Crippen molar-refractivity contribution < 1.29 is 13.2 Å². The van der Waals surface area contributed by atoms with Gasteiger partial charge in [-0.2, -0.15) is 23.1 Å². The molecule has 152 valence electrons. The highest BCUT2D eigenvalue weighted by Gasteiger charge is 2.32. The van der Waals surface area contributed by atoms with E-state index in [2.05, 4.69) is 32.1 Å². The summed E-state index contributed by atoms with van der Waals surface area (Å²) in [6, 6.07) is 9.16. The number of nitrogens with one attached hydrogen (secondary N) is 1. The molecule has 29 heavy (non-hydrogen) atoms. The molecule has 3 heterocycles. The number of piperidine rings is 1. The van der Waals surface area contributed by atoms with Crippen molar-refractivity contribution in [3.63, 3.8) is 0 Å². The molecule has 0 spiro atoms. The summed E-state index contributed by atoms with van der Waals surface area (Å²) in [5.41, 5.74) is 0.0564. The zero-order valence-electron chi connectivity index (χ0n) is 16.1. The lowest BCUT2D eigenvalue weighted by Crippen LogP contribution is -2.34. The Morgan fingerprint density at radius 3 is 2.59 bits per heavy atom. The molecule has 3 aromatic rings. The predicted octanol–water partition coefficient (Wildman–Crippen LogP) is 4.89. The summed E-state index contributed by atoms with van der Waals surface area (Å²) in [4.78, 5) is 15.7. The number of fused-ring (bicyclic) bond motifs is 1. The van der Waals surface area contributed by atoms with Gasteiger partial charge in [0.2, 0.25) is 5.95 Å². The predicted molar refractivity (Wildman–Crippen MR) is 107 cm³/mol. The second kappa shape index (κ2) is 7.85. The number of nitrogens with zero attached hydrogens (tertiary/aromatic N) is 4. The van der Waals surface area contributed by atoms with Crippen LogP contribution in [0.15, 0.2) is 42.6 Å². The van der Waals surface area contributed by atoms with E-state index in [9.17, 15) is 13.2 Å². The highest BCUT2D eigenvalue weighted by atomic mass is 19.4. The van der Waals surface area contributed by atoms with E-state index in [1.807, 2.05) is 6.07 Å². The highest BCUT2D eigenvalue weighted by Crippen LogP contribution is 2.32. The molecule has 5 nitrogen and oxygen atoms in total. The van der Waals surface area contributed by atoms with Crippen molar-refractivity contribution in [3.05, 3.63) is 53.7 Å². The quantitative estimate of drug-likeness (QED) is 0.675. The summed E-state index contributed by atoms with van der Waals surface area (Å²) in [6.45, 7) is 3.95. The Labute approximate surface area is 167 Å². The standard InChI is InChI=1S/C21H22F3N5/c1-14-8-11-29(12-9-14)20-27-18-16(6-4-10-25-18)19(28-20)26-13-15-5-2-3-7-17(15)21(22,23)24/h2-7,10,14H,8-9,11-13H2,1H3,(H,25,26,27,28). The number of rotatable bonds is 4. The Morgan fingerprint density at radius 1 is 1.07 bits per heavy atom. The summed E-state index contributed by atoms with van der Waals surface area (Å²) >= 11 is 0. The molecule has 0 radical (unpaired) electrons. The molecule has 1 aliphatic heterocycles. The van der Waals surface area contributed by atoms with Crippen LogP contribution in [-0.2, 0) is 12.7 Å². The topological polar surface area (TPSA) is 53.9 Å². The number of alkyl halides is 3. The third kappa shape index (κ3) is 4.26. The van der Waals surface area contributed by atoms with Gasteiger partial charge < -0.3 is 10.2 Å². The summed E-state index contributed by atoms with van der Waals surface area (Å²) in [7, 11) is 0. The average molecular weight is 401 g/mol. The molecule has 1 aliphatic rings. The lowest BCUT2D eigenvalue weighted by molar-refractivity contribution is -0.138. The summed E-state index contributed by atoms with van der Waals surface area (Å²) in [5, 5.41) is 3.77. The van der Waals surface area contributed by atoms with Gasteiger partial charge in [0.1, 0.15) is 5.82 Å². The van der Waals surface area contributed by atoms with Crippen LogP contribution in [0.25, 0.3) is 11.0 Å². The molecule has 0 saturated carbocycles. The number of anilines is 2. The number of aromatic nitrogens is 3. The number of hydrogen-bond donors (Lipinski definition) is 1. The van der Waals surface area contributed by atoms with Crippen molar-refractivity contribution in [1.29, 1.82) is 0 Å². The van der Waals surface area contributed by atoms with Crippen LogP contribution in [0.1, 0.15) is 30.9 Å². The fourth-order valence-electron chi connectivity index (χ4n) is 3.57. The fourth-order valence-corrected chi connectivity index (χ4v) is 3.57.